The summed E-state index contributed by atoms with van der Waals surface area (Å²) >= 11 is 0. The third kappa shape index (κ3) is 3.66. The molecule has 5 heteroatoms. The van der Waals surface area contributed by atoms with Gasteiger partial charge in [-0.15, -0.1) is 0 Å². The second-order valence-corrected chi connectivity index (χ2v) is 4.46. The Balaban J connectivity index is 2.46. The molecule has 1 aromatic rings. The van der Waals surface area contributed by atoms with Gasteiger partial charge in [0, 0.05) is 18.9 Å². The van der Waals surface area contributed by atoms with Crippen LogP contribution in [-0.4, -0.2) is 28.8 Å². The van der Waals surface area contributed by atoms with E-state index in [1.807, 2.05) is 20.8 Å². The van der Waals surface area contributed by atoms with Gasteiger partial charge in [-0.2, -0.15) is 5.10 Å². The summed E-state index contributed by atoms with van der Waals surface area (Å²) in [5.41, 5.74) is 0.531. The van der Waals surface area contributed by atoms with Crippen molar-refractivity contribution in [1.29, 1.82) is 0 Å². The summed E-state index contributed by atoms with van der Waals surface area (Å²) in [6.45, 7) is 5.69. The quantitative estimate of drug-likeness (QED) is 0.796. The van der Waals surface area contributed by atoms with Gasteiger partial charge in [0.05, 0.1) is 24.3 Å². The SMILES string of the molecule is COC(C)(C)CC(=O)NC(C)c1cn[nH]c1. The minimum atomic E-state index is -0.430. The van der Waals surface area contributed by atoms with Crippen molar-refractivity contribution in [3.05, 3.63) is 18.0 Å². The molecule has 0 bridgehead atoms. The average molecular weight is 225 g/mol. The molecule has 1 heterocycles. The first kappa shape index (κ1) is 12.7. The average Bonchev–Trinajstić information content (AvgIpc) is 2.69. The van der Waals surface area contributed by atoms with Gasteiger partial charge in [0.1, 0.15) is 0 Å². The van der Waals surface area contributed by atoms with Crippen LogP contribution in [0.15, 0.2) is 12.4 Å². The lowest BCUT2D eigenvalue weighted by molar-refractivity contribution is -0.126. The van der Waals surface area contributed by atoms with Gasteiger partial charge in [-0.3, -0.25) is 9.89 Å². The van der Waals surface area contributed by atoms with Crippen molar-refractivity contribution in [2.75, 3.05) is 7.11 Å². The van der Waals surface area contributed by atoms with Gasteiger partial charge in [-0.05, 0) is 20.8 Å². The van der Waals surface area contributed by atoms with E-state index in [0.717, 1.165) is 5.56 Å². The second-order valence-electron chi connectivity index (χ2n) is 4.46. The van der Waals surface area contributed by atoms with Crippen LogP contribution in [0.2, 0.25) is 0 Å². The fourth-order valence-corrected chi connectivity index (χ4v) is 1.33. The van der Waals surface area contributed by atoms with Crippen LogP contribution < -0.4 is 5.32 Å². The molecule has 1 unspecified atom stereocenters. The Labute approximate surface area is 95.6 Å². The van der Waals surface area contributed by atoms with E-state index >= 15 is 0 Å². The van der Waals surface area contributed by atoms with Gasteiger partial charge >= 0.3 is 0 Å². The number of hydrogen-bond acceptors (Lipinski definition) is 3. The van der Waals surface area contributed by atoms with Crippen molar-refractivity contribution in [3.63, 3.8) is 0 Å². The molecule has 1 aromatic heterocycles. The smallest absolute Gasteiger partial charge is 0.223 e. The number of H-pyrrole nitrogens is 1. The van der Waals surface area contributed by atoms with Crippen LogP contribution in [0, 0.1) is 0 Å². The lowest BCUT2D eigenvalue weighted by Crippen LogP contribution is -2.34. The van der Waals surface area contributed by atoms with E-state index in [4.69, 9.17) is 4.74 Å². The predicted octanol–water partition coefficient (Wildman–Crippen LogP) is 1.40. The van der Waals surface area contributed by atoms with Crippen LogP contribution in [0.25, 0.3) is 0 Å². The van der Waals surface area contributed by atoms with Gasteiger partial charge < -0.3 is 10.1 Å². The van der Waals surface area contributed by atoms with Gasteiger partial charge in [0.15, 0.2) is 0 Å². The Morgan fingerprint density at radius 3 is 2.88 bits per heavy atom. The van der Waals surface area contributed by atoms with Gasteiger partial charge in [-0.25, -0.2) is 0 Å². The highest BCUT2D eigenvalue weighted by Crippen LogP contribution is 2.15. The van der Waals surface area contributed by atoms with Crippen molar-refractivity contribution >= 4 is 5.91 Å². The summed E-state index contributed by atoms with van der Waals surface area (Å²) in [6.07, 6.45) is 3.81. The third-order valence-electron chi connectivity index (χ3n) is 2.54. The summed E-state index contributed by atoms with van der Waals surface area (Å²) < 4.78 is 5.20. The number of aromatic amines is 1. The lowest BCUT2D eigenvalue weighted by atomic mass is 10.0. The molecule has 1 rings (SSSR count). The number of ether oxygens (including phenoxy) is 1. The van der Waals surface area contributed by atoms with Crippen molar-refractivity contribution in [2.24, 2.45) is 0 Å². The van der Waals surface area contributed by atoms with Crippen molar-refractivity contribution in [3.8, 4) is 0 Å². The minimum Gasteiger partial charge on any atom is -0.378 e. The van der Waals surface area contributed by atoms with Crippen molar-refractivity contribution in [1.82, 2.24) is 15.5 Å². The van der Waals surface area contributed by atoms with E-state index in [1.54, 1.807) is 19.5 Å². The highest BCUT2D eigenvalue weighted by Gasteiger charge is 2.22. The third-order valence-corrected chi connectivity index (χ3v) is 2.54. The molecule has 0 aliphatic rings. The number of carbonyl (C=O) groups excluding carboxylic acids is 1. The van der Waals surface area contributed by atoms with Crippen LogP contribution in [0.1, 0.15) is 38.8 Å². The molecule has 16 heavy (non-hydrogen) atoms. The molecule has 0 fully saturated rings. The Morgan fingerprint density at radius 2 is 2.38 bits per heavy atom. The van der Waals surface area contributed by atoms with E-state index in [2.05, 4.69) is 15.5 Å². The van der Waals surface area contributed by atoms with Gasteiger partial charge in [-0.1, -0.05) is 0 Å². The Hall–Kier alpha value is -1.36. The standard InChI is InChI=1S/C11H19N3O2/c1-8(9-6-12-13-7-9)14-10(15)5-11(2,3)16-4/h6-8H,5H2,1-4H3,(H,12,13)(H,14,15). The maximum Gasteiger partial charge on any atom is 0.223 e. The predicted molar refractivity (Wildman–Crippen MR) is 60.9 cm³/mol. The summed E-state index contributed by atoms with van der Waals surface area (Å²) in [7, 11) is 1.60. The molecule has 0 aliphatic heterocycles. The number of rotatable bonds is 5. The zero-order valence-corrected chi connectivity index (χ0v) is 10.2. The first-order valence-electron chi connectivity index (χ1n) is 5.28. The van der Waals surface area contributed by atoms with Crippen LogP contribution in [0.4, 0.5) is 0 Å². The van der Waals surface area contributed by atoms with Gasteiger partial charge in [0.25, 0.3) is 0 Å². The van der Waals surface area contributed by atoms with E-state index in [1.165, 1.54) is 0 Å². The highest BCUT2D eigenvalue weighted by molar-refractivity contribution is 5.77. The molecule has 0 aliphatic carbocycles. The molecular weight excluding hydrogens is 206 g/mol. The van der Waals surface area contributed by atoms with E-state index in [0.29, 0.717) is 6.42 Å². The summed E-state index contributed by atoms with van der Waals surface area (Å²) in [5.74, 6) is -0.0273. The van der Waals surface area contributed by atoms with Crippen LogP contribution in [0.3, 0.4) is 0 Å². The monoisotopic (exact) mass is 225 g/mol. The molecule has 0 aromatic carbocycles. The minimum absolute atomic E-state index is 0.0273. The number of aromatic nitrogens is 2. The van der Waals surface area contributed by atoms with Crippen LogP contribution in [0.5, 0.6) is 0 Å². The fourth-order valence-electron chi connectivity index (χ4n) is 1.33. The largest absolute Gasteiger partial charge is 0.378 e. The maximum atomic E-state index is 11.7. The number of carbonyl (C=O) groups is 1. The molecule has 0 saturated heterocycles. The van der Waals surface area contributed by atoms with Crippen molar-refractivity contribution < 1.29 is 9.53 Å². The molecule has 2 N–H and O–H groups in total. The van der Waals surface area contributed by atoms with E-state index < -0.39 is 5.60 Å². The van der Waals surface area contributed by atoms with E-state index in [-0.39, 0.29) is 11.9 Å². The zero-order valence-electron chi connectivity index (χ0n) is 10.2. The Morgan fingerprint density at radius 1 is 1.69 bits per heavy atom. The number of nitrogens with one attached hydrogen (secondary N) is 2. The van der Waals surface area contributed by atoms with Gasteiger partial charge in [0.2, 0.25) is 5.91 Å². The zero-order chi connectivity index (χ0) is 12.2. The number of methoxy groups -OCH3 is 1. The molecule has 90 valence electrons. The number of amides is 1. The number of nitrogens with zero attached hydrogens (tertiary/aromatic N) is 1. The van der Waals surface area contributed by atoms with Crippen LogP contribution in [-0.2, 0) is 9.53 Å². The van der Waals surface area contributed by atoms with E-state index in [9.17, 15) is 4.79 Å². The fraction of sp³-hybridized carbons (Fsp3) is 0.636. The number of hydrogen-bond donors (Lipinski definition) is 2. The maximum absolute atomic E-state index is 11.7. The Kier molecular flexibility index (Phi) is 4.06. The highest BCUT2D eigenvalue weighted by atomic mass is 16.5. The topological polar surface area (TPSA) is 67.0 Å². The first-order chi connectivity index (χ1) is 7.44. The summed E-state index contributed by atoms with van der Waals surface area (Å²) in [4.78, 5) is 11.7. The molecule has 5 nitrogen and oxygen atoms in total. The molecule has 1 amide bonds. The molecule has 0 radical (unpaired) electrons. The summed E-state index contributed by atoms with van der Waals surface area (Å²) in [5, 5.41) is 9.45. The molecule has 1 atom stereocenters. The van der Waals surface area contributed by atoms with Crippen LogP contribution >= 0.6 is 0 Å². The lowest BCUT2D eigenvalue weighted by Gasteiger charge is -2.23. The first-order valence-corrected chi connectivity index (χ1v) is 5.28. The second kappa shape index (κ2) is 5.12. The van der Waals surface area contributed by atoms with Crippen molar-refractivity contribution in [2.45, 2.75) is 38.8 Å². The summed E-state index contributed by atoms with van der Waals surface area (Å²) in [6, 6.07) is -0.0427. The molecule has 0 spiro atoms. The Bertz CT molecular complexity index is 333. The molecular formula is C11H19N3O2. The normalized spacial score (nSPS) is 13.5. The molecule has 0 saturated carbocycles.